The van der Waals surface area contributed by atoms with Crippen molar-refractivity contribution in [2.75, 3.05) is 6.54 Å². The maximum atomic E-state index is 15.5. The standard InChI is InChI=1S/C38H39FN6O8S/c39-27-12-8-11-26-25-10-6-7-13-28(25)41-35(32(26)27)53-23-19-31-34(47)42-38(37(49)44-54(50,51)24-15-16-24)20-22(38)9-4-2-1-3-5-14-30(36(48)45(31)21-23)40-33(46)29-17-18-52-43-29/h4,6-13,17-18,22-24,30-31H,1-3,5,14-16,19-21H2,(H,40,46)(H,42,47)(H,44,49)/b9-4-/t22-,23-,30+,31+,38-/m1/s1. The smallest absolute Gasteiger partial charge is 0.274 e. The maximum absolute atomic E-state index is 15.5. The zero-order valence-corrected chi connectivity index (χ0v) is 30.0. The third-order valence-electron chi connectivity index (χ3n) is 10.7. The van der Waals surface area contributed by atoms with Crippen LogP contribution in [0.2, 0.25) is 0 Å². The van der Waals surface area contributed by atoms with Crippen molar-refractivity contribution in [3.8, 4) is 5.88 Å². The topological polar surface area (TPSA) is 190 Å². The van der Waals surface area contributed by atoms with E-state index < -0.39 is 74.4 Å². The van der Waals surface area contributed by atoms with E-state index in [1.54, 1.807) is 24.3 Å². The van der Waals surface area contributed by atoms with Crippen LogP contribution in [0.5, 0.6) is 5.88 Å². The molecule has 2 aliphatic heterocycles. The van der Waals surface area contributed by atoms with Crippen LogP contribution in [0.15, 0.2) is 71.5 Å². The number of carbonyl (C=O) groups excluding carboxylic acids is 4. The number of nitrogens with zero attached hydrogens (tertiary/aromatic N) is 3. The molecule has 8 rings (SSSR count). The minimum absolute atomic E-state index is 0.00758. The van der Waals surface area contributed by atoms with Crippen molar-refractivity contribution >= 4 is 55.3 Å². The Kier molecular flexibility index (Phi) is 9.32. The van der Waals surface area contributed by atoms with Crippen LogP contribution in [0.4, 0.5) is 4.39 Å². The number of hydrogen-bond acceptors (Lipinski definition) is 10. The number of fused-ring (bicyclic) bond motifs is 5. The highest BCUT2D eigenvalue weighted by Gasteiger charge is 2.62. The van der Waals surface area contributed by atoms with E-state index in [9.17, 15) is 27.6 Å². The molecule has 4 aliphatic rings. The first-order valence-corrected chi connectivity index (χ1v) is 19.8. The van der Waals surface area contributed by atoms with Crippen LogP contribution in [0.1, 0.15) is 68.3 Å². The number of ether oxygens (including phenoxy) is 1. The van der Waals surface area contributed by atoms with E-state index in [1.807, 2.05) is 24.3 Å². The number of amides is 4. The first-order valence-electron chi connectivity index (χ1n) is 18.2. The summed E-state index contributed by atoms with van der Waals surface area (Å²) in [5.41, 5.74) is -1.01. The van der Waals surface area contributed by atoms with Crippen LogP contribution in [-0.2, 0) is 24.4 Å². The second kappa shape index (κ2) is 14.1. The molecule has 1 saturated heterocycles. The van der Waals surface area contributed by atoms with Crippen LogP contribution >= 0.6 is 0 Å². The highest BCUT2D eigenvalue weighted by molar-refractivity contribution is 7.91. The molecule has 16 heteroatoms. The highest BCUT2D eigenvalue weighted by atomic mass is 32.2. The molecule has 4 aromatic rings. The summed E-state index contributed by atoms with van der Waals surface area (Å²) in [6.07, 6.45) is 8.13. The molecule has 0 unspecified atom stereocenters. The predicted molar refractivity (Wildman–Crippen MR) is 193 cm³/mol. The quantitative estimate of drug-likeness (QED) is 0.185. The highest BCUT2D eigenvalue weighted by Crippen LogP contribution is 2.46. The first-order chi connectivity index (χ1) is 26.0. The van der Waals surface area contributed by atoms with E-state index >= 15 is 4.39 Å². The van der Waals surface area contributed by atoms with Gasteiger partial charge in [0.05, 0.1) is 22.7 Å². The van der Waals surface area contributed by atoms with Gasteiger partial charge in [0, 0.05) is 23.8 Å². The Bertz CT molecular complexity index is 2280. The fraction of sp³-hybridized carbons (Fsp3) is 0.421. The van der Waals surface area contributed by atoms with Gasteiger partial charge in [0.15, 0.2) is 5.69 Å². The Morgan fingerprint density at radius 3 is 2.63 bits per heavy atom. The average molecular weight is 759 g/mol. The number of allylic oxidation sites excluding steroid dienone is 1. The van der Waals surface area contributed by atoms with Crippen molar-refractivity contribution in [1.29, 1.82) is 0 Å². The Morgan fingerprint density at radius 1 is 1.02 bits per heavy atom. The minimum atomic E-state index is -3.92. The van der Waals surface area contributed by atoms with Crippen LogP contribution in [-0.4, -0.2) is 82.6 Å². The van der Waals surface area contributed by atoms with E-state index in [1.165, 1.54) is 23.3 Å². The lowest BCUT2D eigenvalue weighted by Crippen LogP contribution is -2.58. The summed E-state index contributed by atoms with van der Waals surface area (Å²) in [6.45, 7) is -0.129. The molecule has 2 saturated carbocycles. The number of nitrogens with one attached hydrogen (secondary N) is 3. The first kappa shape index (κ1) is 35.6. The zero-order chi connectivity index (χ0) is 37.6. The Hall–Kier alpha value is -5.38. The monoisotopic (exact) mass is 758 g/mol. The molecule has 2 aromatic heterocycles. The van der Waals surface area contributed by atoms with Crippen LogP contribution in [0, 0.1) is 11.7 Å². The van der Waals surface area contributed by atoms with E-state index in [-0.39, 0.29) is 42.8 Å². The third-order valence-corrected chi connectivity index (χ3v) is 12.6. The van der Waals surface area contributed by atoms with Gasteiger partial charge in [-0.15, -0.1) is 0 Å². The molecule has 0 spiro atoms. The summed E-state index contributed by atoms with van der Waals surface area (Å²) in [4.78, 5) is 61.7. The van der Waals surface area contributed by atoms with Gasteiger partial charge in [0.1, 0.15) is 35.8 Å². The van der Waals surface area contributed by atoms with E-state index in [4.69, 9.17) is 9.26 Å². The number of aromatic nitrogens is 2. The molecule has 3 N–H and O–H groups in total. The number of hydrogen-bond donors (Lipinski definition) is 3. The van der Waals surface area contributed by atoms with E-state index in [0.29, 0.717) is 36.6 Å². The molecule has 2 aliphatic carbocycles. The number of benzene rings is 2. The van der Waals surface area contributed by atoms with Gasteiger partial charge in [-0.05, 0) is 56.0 Å². The van der Waals surface area contributed by atoms with Crippen molar-refractivity contribution in [2.24, 2.45) is 5.92 Å². The van der Waals surface area contributed by atoms with Gasteiger partial charge in [-0.1, -0.05) is 60.5 Å². The molecule has 54 heavy (non-hydrogen) atoms. The molecular weight excluding hydrogens is 720 g/mol. The summed E-state index contributed by atoms with van der Waals surface area (Å²) < 4.78 is 54.6. The third kappa shape index (κ3) is 6.90. The second-order valence-corrected chi connectivity index (χ2v) is 16.5. The molecule has 3 fully saturated rings. The fourth-order valence-electron chi connectivity index (χ4n) is 7.58. The fourth-order valence-corrected chi connectivity index (χ4v) is 8.95. The van der Waals surface area contributed by atoms with Gasteiger partial charge in [-0.25, -0.2) is 17.8 Å². The summed E-state index contributed by atoms with van der Waals surface area (Å²) in [7, 11) is -3.92. The van der Waals surface area contributed by atoms with Crippen molar-refractivity contribution in [3.63, 3.8) is 0 Å². The Balaban J connectivity index is 1.13. The normalized spacial score (nSPS) is 26.9. The molecular formula is C38H39FN6O8S. The van der Waals surface area contributed by atoms with Gasteiger partial charge >= 0.3 is 0 Å². The lowest BCUT2D eigenvalue weighted by molar-refractivity contribution is -0.141. The van der Waals surface area contributed by atoms with E-state index in [2.05, 4.69) is 25.5 Å². The Morgan fingerprint density at radius 2 is 1.83 bits per heavy atom. The van der Waals surface area contributed by atoms with Gasteiger partial charge in [-0.2, -0.15) is 0 Å². The molecule has 4 amide bonds. The number of para-hydroxylation sites is 1. The average Bonchev–Trinajstić information content (AvgIpc) is 4.01. The Labute approximate surface area is 309 Å². The molecule has 14 nitrogen and oxygen atoms in total. The van der Waals surface area contributed by atoms with Crippen molar-refractivity contribution in [2.45, 2.75) is 86.8 Å². The van der Waals surface area contributed by atoms with Crippen LogP contribution in [0.25, 0.3) is 21.7 Å². The lowest BCUT2D eigenvalue weighted by Gasteiger charge is -2.29. The predicted octanol–water partition coefficient (Wildman–Crippen LogP) is 3.67. The number of rotatable bonds is 7. The van der Waals surface area contributed by atoms with Gasteiger partial charge < -0.3 is 24.8 Å². The molecule has 0 radical (unpaired) electrons. The summed E-state index contributed by atoms with van der Waals surface area (Å²) >= 11 is 0. The molecule has 0 bridgehead atoms. The zero-order valence-electron chi connectivity index (χ0n) is 29.2. The van der Waals surface area contributed by atoms with Crippen LogP contribution in [0.3, 0.4) is 0 Å². The largest absolute Gasteiger partial charge is 0.472 e. The van der Waals surface area contributed by atoms with Gasteiger partial charge in [0.25, 0.3) is 11.8 Å². The van der Waals surface area contributed by atoms with Crippen molar-refractivity contribution < 1.29 is 41.2 Å². The van der Waals surface area contributed by atoms with Gasteiger partial charge in [-0.3, -0.25) is 23.9 Å². The van der Waals surface area contributed by atoms with Gasteiger partial charge in [0.2, 0.25) is 27.7 Å². The number of pyridine rings is 1. The SMILES string of the molecule is O=C(N[C@H]1CCCCC/C=C\[C@@H]2C[C@@]2(C(=O)NS(=O)(=O)C2CC2)NC(=O)[C@@H]2C[C@@H](Oc3nc4ccccc4c4cccc(F)c34)CN2C1=O)c1ccon1. The second-order valence-electron chi connectivity index (χ2n) is 14.5. The summed E-state index contributed by atoms with van der Waals surface area (Å²) in [5, 5.41) is 10.1. The molecule has 2 aromatic carbocycles. The van der Waals surface area contributed by atoms with Crippen molar-refractivity contribution in [3.05, 3.63) is 78.5 Å². The minimum Gasteiger partial charge on any atom is -0.472 e. The summed E-state index contributed by atoms with van der Waals surface area (Å²) in [6, 6.07) is 11.0. The van der Waals surface area contributed by atoms with Crippen molar-refractivity contribution in [1.82, 2.24) is 30.4 Å². The maximum Gasteiger partial charge on any atom is 0.274 e. The number of halogens is 1. The van der Waals surface area contributed by atoms with Crippen LogP contribution < -0.4 is 20.1 Å². The number of sulfonamides is 1. The summed E-state index contributed by atoms with van der Waals surface area (Å²) in [5.74, 6) is -3.74. The molecule has 4 heterocycles. The molecule has 282 valence electrons. The number of carbonyl (C=O) groups is 4. The lowest BCUT2D eigenvalue weighted by atomic mass is 10.0. The van der Waals surface area contributed by atoms with E-state index in [0.717, 1.165) is 18.2 Å². The molecule has 5 atom stereocenters.